The Morgan fingerprint density at radius 1 is 1.57 bits per heavy atom. The van der Waals surface area contributed by atoms with Crippen LogP contribution in [-0.4, -0.2) is 21.9 Å². The van der Waals surface area contributed by atoms with Gasteiger partial charge in [0.1, 0.15) is 11.6 Å². The standard InChI is InChI=1S/C14H17N5O2/c1-9-12(10(2)21-19-9)8-17-6-4-13(15)18-14(20)11-3-5-16-7-11/h3-7,16-17H,8H2,1-2H3,(H2,15,18,20)/b6-4-. The lowest BCUT2D eigenvalue weighted by molar-refractivity contribution is 0.100. The second-order valence-electron chi connectivity index (χ2n) is 4.46. The number of aromatic nitrogens is 2. The minimum Gasteiger partial charge on any atom is -0.386 e. The number of hydrogen-bond acceptors (Lipinski definition) is 4. The van der Waals surface area contributed by atoms with Crippen molar-refractivity contribution in [2.75, 3.05) is 0 Å². The molecule has 110 valence electrons. The molecule has 0 bridgehead atoms. The molecule has 0 aliphatic carbocycles. The number of aryl methyl sites for hydroxylation is 2. The van der Waals surface area contributed by atoms with E-state index < -0.39 is 0 Å². The average molecular weight is 287 g/mol. The van der Waals surface area contributed by atoms with Crippen LogP contribution in [0.1, 0.15) is 27.4 Å². The monoisotopic (exact) mass is 287 g/mol. The first-order valence-electron chi connectivity index (χ1n) is 6.41. The van der Waals surface area contributed by atoms with Crippen molar-refractivity contribution in [3.8, 4) is 0 Å². The zero-order valence-corrected chi connectivity index (χ0v) is 11.9. The third kappa shape index (κ3) is 3.82. The highest BCUT2D eigenvalue weighted by Gasteiger charge is 2.07. The number of amidine groups is 1. The van der Waals surface area contributed by atoms with Crippen LogP contribution in [0, 0.1) is 13.8 Å². The van der Waals surface area contributed by atoms with Gasteiger partial charge in [-0.15, -0.1) is 0 Å². The van der Waals surface area contributed by atoms with Crippen molar-refractivity contribution >= 4 is 11.7 Å². The number of carbonyl (C=O) groups is 1. The molecule has 2 heterocycles. The Kier molecular flexibility index (Phi) is 4.55. The summed E-state index contributed by atoms with van der Waals surface area (Å²) in [6, 6.07) is 1.64. The van der Waals surface area contributed by atoms with Crippen LogP contribution in [0.4, 0.5) is 0 Å². The maximum Gasteiger partial charge on any atom is 0.280 e. The van der Waals surface area contributed by atoms with Crippen LogP contribution >= 0.6 is 0 Å². The SMILES string of the molecule is Cc1noc(C)c1CN/C=C\C(N)=NC(=O)c1cc[nH]c1. The summed E-state index contributed by atoms with van der Waals surface area (Å²) >= 11 is 0. The van der Waals surface area contributed by atoms with Crippen molar-refractivity contribution in [3.05, 3.63) is 53.3 Å². The molecule has 21 heavy (non-hydrogen) atoms. The maximum absolute atomic E-state index is 11.7. The van der Waals surface area contributed by atoms with Gasteiger partial charge in [0.2, 0.25) is 0 Å². The fourth-order valence-corrected chi connectivity index (χ4v) is 1.74. The molecule has 0 unspecified atom stereocenters. The van der Waals surface area contributed by atoms with E-state index in [0.717, 1.165) is 17.0 Å². The fraction of sp³-hybridized carbons (Fsp3) is 0.214. The molecule has 0 aromatic carbocycles. The van der Waals surface area contributed by atoms with Gasteiger partial charge in [-0.05, 0) is 26.0 Å². The summed E-state index contributed by atoms with van der Waals surface area (Å²) < 4.78 is 5.06. The number of hydrogen-bond donors (Lipinski definition) is 3. The molecule has 7 heteroatoms. The van der Waals surface area contributed by atoms with E-state index in [0.29, 0.717) is 12.1 Å². The highest BCUT2D eigenvalue weighted by molar-refractivity contribution is 6.06. The summed E-state index contributed by atoms with van der Waals surface area (Å²) in [6.07, 6.45) is 6.39. The summed E-state index contributed by atoms with van der Waals surface area (Å²) in [5.74, 6) is 0.522. The quantitative estimate of drug-likeness (QED) is 0.569. The van der Waals surface area contributed by atoms with E-state index >= 15 is 0 Å². The van der Waals surface area contributed by atoms with Crippen LogP contribution in [0.15, 0.2) is 40.3 Å². The molecule has 1 amide bonds. The van der Waals surface area contributed by atoms with Gasteiger partial charge in [-0.3, -0.25) is 4.79 Å². The van der Waals surface area contributed by atoms with Crippen LogP contribution < -0.4 is 11.1 Å². The third-order valence-corrected chi connectivity index (χ3v) is 2.91. The summed E-state index contributed by atoms with van der Waals surface area (Å²) in [5, 5.41) is 6.91. The number of amides is 1. The first-order chi connectivity index (χ1) is 10.1. The second kappa shape index (κ2) is 6.56. The Labute approximate surface area is 121 Å². The van der Waals surface area contributed by atoms with Crippen molar-refractivity contribution in [1.29, 1.82) is 0 Å². The number of aromatic amines is 1. The van der Waals surface area contributed by atoms with Crippen LogP contribution in [0.5, 0.6) is 0 Å². The van der Waals surface area contributed by atoms with Gasteiger partial charge in [-0.2, -0.15) is 4.99 Å². The Bertz CT molecular complexity index is 648. The largest absolute Gasteiger partial charge is 0.386 e. The lowest BCUT2D eigenvalue weighted by atomic mass is 10.2. The number of nitrogens with two attached hydrogens (primary N) is 1. The zero-order valence-electron chi connectivity index (χ0n) is 11.9. The highest BCUT2D eigenvalue weighted by Crippen LogP contribution is 2.11. The third-order valence-electron chi connectivity index (χ3n) is 2.91. The molecule has 2 rings (SSSR count). The molecule has 4 N–H and O–H groups in total. The van der Waals surface area contributed by atoms with Crippen LogP contribution in [-0.2, 0) is 6.54 Å². The molecule has 2 aromatic heterocycles. The van der Waals surface area contributed by atoms with Gasteiger partial charge in [0, 0.05) is 30.7 Å². The summed E-state index contributed by atoms with van der Waals surface area (Å²) in [6.45, 7) is 4.30. The molecule has 0 atom stereocenters. The molecule has 0 aliphatic rings. The molecule has 0 radical (unpaired) electrons. The smallest absolute Gasteiger partial charge is 0.280 e. The van der Waals surface area contributed by atoms with Crippen molar-refractivity contribution in [2.24, 2.45) is 10.7 Å². The second-order valence-corrected chi connectivity index (χ2v) is 4.46. The van der Waals surface area contributed by atoms with Crippen LogP contribution in [0.3, 0.4) is 0 Å². The van der Waals surface area contributed by atoms with Gasteiger partial charge in [0.25, 0.3) is 5.91 Å². The normalized spacial score (nSPS) is 12.0. The fourth-order valence-electron chi connectivity index (χ4n) is 1.74. The molecule has 0 saturated heterocycles. The van der Waals surface area contributed by atoms with E-state index in [1.54, 1.807) is 24.7 Å². The van der Waals surface area contributed by atoms with Crippen LogP contribution in [0.2, 0.25) is 0 Å². The van der Waals surface area contributed by atoms with E-state index in [2.05, 4.69) is 20.4 Å². The molecular formula is C14H17N5O2. The maximum atomic E-state index is 11.7. The van der Waals surface area contributed by atoms with Crippen molar-refractivity contribution < 1.29 is 9.32 Å². The van der Waals surface area contributed by atoms with Crippen molar-refractivity contribution in [2.45, 2.75) is 20.4 Å². The number of nitrogens with zero attached hydrogens (tertiary/aromatic N) is 2. The van der Waals surface area contributed by atoms with E-state index in [4.69, 9.17) is 10.3 Å². The first kappa shape index (κ1) is 14.6. The average Bonchev–Trinajstić information content (AvgIpc) is 3.07. The highest BCUT2D eigenvalue weighted by atomic mass is 16.5. The Morgan fingerprint density at radius 2 is 2.38 bits per heavy atom. The van der Waals surface area contributed by atoms with E-state index in [-0.39, 0.29) is 11.7 Å². The van der Waals surface area contributed by atoms with E-state index in [9.17, 15) is 4.79 Å². The van der Waals surface area contributed by atoms with Crippen molar-refractivity contribution in [1.82, 2.24) is 15.5 Å². The summed E-state index contributed by atoms with van der Waals surface area (Å²) in [4.78, 5) is 18.2. The number of nitrogens with one attached hydrogen (secondary N) is 2. The Morgan fingerprint density at radius 3 is 3.00 bits per heavy atom. The van der Waals surface area contributed by atoms with Gasteiger partial charge in [0.15, 0.2) is 0 Å². The van der Waals surface area contributed by atoms with Crippen molar-refractivity contribution in [3.63, 3.8) is 0 Å². The molecule has 0 fully saturated rings. The van der Waals surface area contributed by atoms with Gasteiger partial charge in [-0.1, -0.05) is 5.16 Å². The predicted octanol–water partition coefficient (Wildman–Crippen LogP) is 1.42. The molecule has 7 nitrogen and oxygen atoms in total. The van der Waals surface area contributed by atoms with E-state index in [1.165, 1.54) is 6.08 Å². The lowest BCUT2D eigenvalue weighted by Gasteiger charge is -1.99. The van der Waals surface area contributed by atoms with Gasteiger partial charge in [0.05, 0.1) is 11.3 Å². The van der Waals surface area contributed by atoms with Crippen LogP contribution in [0.25, 0.3) is 0 Å². The molecule has 2 aromatic rings. The molecule has 0 spiro atoms. The van der Waals surface area contributed by atoms with Gasteiger partial charge >= 0.3 is 0 Å². The van der Waals surface area contributed by atoms with Gasteiger partial charge < -0.3 is 20.6 Å². The zero-order chi connectivity index (χ0) is 15.2. The molecular weight excluding hydrogens is 270 g/mol. The number of rotatable bonds is 5. The number of H-pyrrole nitrogens is 1. The minimum absolute atomic E-state index is 0.132. The lowest BCUT2D eigenvalue weighted by Crippen LogP contribution is -2.13. The van der Waals surface area contributed by atoms with Gasteiger partial charge in [-0.25, -0.2) is 0 Å². The summed E-state index contributed by atoms with van der Waals surface area (Å²) in [7, 11) is 0. The predicted molar refractivity (Wildman–Crippen MR) is 78.7 cm³/mol. The Hall–Kier alpha value is -2.83. The molecule has 0 aliphatic heterocycles. The number of carbonyl (C=O) groups excluding carboxylic acids is 1. The summed E-state index contributed by atoms with van der Waals surface area (Å²) in [5.41, 5.74) is 7.97. The minimum atomic E-state index is -0.385. The first-order valence-corrected chi connectivity index (χ1v) is 6.41. The number of aliphatic imine (C=N–C) groups is 1. The van der Waals surface area contributed by atoms with E-state index in [1.807, 2.05) is 13.8 Å². The Balaban J connectivity index is 1.88. The topological polar surface area (TPSA) is 109 Å². The molecule has 0 saturated carbocycles.